The standard InChI is InChI=1S/C24H29N3O5S/c1-3-32-20-9-7-19(8-10-20)25-24(29)23-16-18-15-21(11-12-22(18)27(23)17(2)28)33(30,31)26-13-5-4-6-14-26/h7-12,15,23H,3-6,13-14,16H2,1-2H3,(H,25,29)/t23-/m0/s1. The van der Waals surface area contributed by atoms with Crippen molar-refractivity contribution in [3.8, 4) is 5.75 Å². The van der Waals surface area contributed by atoms with Gasteiger partial charge >= 0.3 is 0 Å². The third kappa shape index (κ3) is 4.74. The van der Waals surface area contributed by atoms with E-state index in [9.17, 15) is 18.0 Å². The molecule has 2 aromatic rings. The first-order valence-corrected chi connectivity index (χ1v) is 12.7. The van der Waals surface area contributed by atoms with Crippen molar-refractivity contribution in [2.24, 2.45) is 0 Å². The molecule has 0 aliphatic carbocycles. The van der Waals surface area contributed by atoms with E-state index < -0.39 is 16.1 Å². The average Bonchev–Trinajstić information content (AvgIpc) is 3.20. The summed E-state index contributed by atoms with van der Waals surface area (Å²) in [5, 5.41) is 2.85. The van der Waals surface area contributed by atoms with E-state index in [0.717, 1.165) is 19.3 Å². The number of piperidine rings is 1. The van der Waals surface area contributed by atoms with Gasteiger partial charge in [-0.2, -0.15) is 4.31 Å². The summed E-state index contributed by atoms with van der Waals surface area (Å²) in [6.45, 7) is 4.89. The van der Waals surface area contributed by atoms with Crippen LogP contribution in [0.3, 0.4) is 0 Å². The topological polar surface area (TPSA) is 96.0 Å². The van der Waals surface area contributed by atoms with Gasteiger partial charge in [0, 0.05) is 37.8 Å². The Morgan fingerprint density at radius 2 is 1.76 bits per heavy atom. The summed E-state index contributed by atoms with van der Waals surface area (Å²) in [6.07, 6.45) is 3.00. The molecule has 1 fully saturated rings. The number of hydrogen-bond acceptors (Lipinski definition) is 5. The van der Waals surface area contributed by atoms with Crippen molar-refractivity contribution >= 4 is 33.2 Å². The Hall–Kier alpha value is -2.91. The van der Waals surface area contributed by atoms with Crippen LogP contribution in [0.2, 0.25) is 0 Å². The molecule has 1 N–H and O–H groups in total. The van der Waals surface area contributed by atoms with Gasteiger partial charge in [-0.05, 0) is 67.8 Å². The summed E-state index contributed by atoms with van der Waals surface area (Å²) < 4.78 is 33.1. The number of carbonyl (C=O) groups excluding carboxylic acids is 2. The second-order valence-electron chi connectivity index (χ2n) is 8.31. The van der Waals surface area contributed by atoms with Gasteiger partial charge in [0.1, 0.15) is 11.8 Å². The van der Waals surface area contributed by atoms with Crippen LogP contribution in [0.5, 0.6) is 5.75 Å². The van der Waals surface area contributed by atoms with Crippen LogP contribution < -0.4 is 15.0 Å². The Morgan fingerprint density at radius 3 is 2.39 bits per heavy atom. The Morgan fingerprint density at radius 1 is 1.06 bits per heavy atom. The molecule has 176 valence electrons. The van der Waals surface area contributed by atoms with Crippen molar-refractivity contribution in [2.75, 3.05) is 29.9 Å². The fraction of sp³-hybridized carbons (Fsp3) is 0.417. The lowest BCUT2D eigenvalue weighted by molar-refractivity contribution is -0.122. The molecule has 2 amide bonds. The average molecular weight is 472 g/mol. The fourth-order valence-electron chi connectivity index (χ4n) is 4.47. The van der Waals surface area contributed by atoms with E-state index in [1.54, 1.807) is 36.4 Å². The van der Waals surface area contributed by atoms with Gasteiger partial charge in [-0.15, -0.1) is 0 Å². The smallest absolute Gasteiger partial charge is 0.247 e. The van der Waals surface area contributed by atoms with E-state index in [1.165, 1.54) is 22.2 Å². The molecule has 0 aromatic heterocycles. The van der Waals surface area contributed by atoms with Crippen LogP contribution >= 0.6 is 0 Å². The Kier molecular flexibility index (Phi) is 6.71. The maximum Gasteiger partial charge on any atom is 0.247 e. The van der Waals surface area contributed by atoms with Gasteiger partial charge in [-0.1, -0.05) is 6.42 Å². The number of sulfonamides is 1. The zero-order valence-corrected chi connectivity index (χ0v) is 19.7. The van der Waals surface area contributed by atoms with Crippen LogP contribution in [0.25, 0.3) is 0 Å². The number of benzene rings is 2. The summed E-state index contributed by atoms with van der Waals surface area (Å²) in [7, 11) is -3.60. The van der Waals surface area contributed by atoms with Gasteiger partial charge in [-0.3, -0.25) is 14.5 Å². The number of amides is 2. The molecule has 2 aliphatic heterocycles. The summed E-state index contributed by atoms with van der Waals surface area (Å²) in [4.78, 5) is 27.1. The van der Waals surface area contributed by atoms with Gasteiger partial charge in [0.15, 0.2) is 0 Å². The minimum atomic E-state index is -3.60. The zero-order valence-electron chi connectivity index (χ0n) is 18.9. The molecule has 0 bridgehead atoms. The fourth-order valence-corrected chi connectivity index (χ4v) is 6.04. The summed E-state index contributed by atoms with van der Waals surface area (Å²) in [5.74, 6) is 0.106. The van der Waals surface area contributed by atoms with Gasteiger partial charge < -0.3 is 10.1 Å². The number of nitrogens with one attached hydrogen (secondary N) is 1. The van der Waals surface area contributed by atoms with Crippen LogP contribution in [0, 0.1) is 0 Å². The molecule has 1 saturated heterocycles. The van der Waals surface area contributed by atoms with Crippen LogP contribution in [-0.2, 0) is 26.0 Å². The molecule has 1 atom stereocenters. The molecule has 2 aromatic carbocycles. The molecular formula is C24H29N3O5S. The van der Waals surface area contributed by atoms with E-state index >= 15 is 0 Å². The molecule has 8 nitrogen and oxygen atoms in total. The van der Waals surface area contributed by atoms with Gasteiger partial charge in [0.05, 0.1) is 11.5 Å². The van der Waals surface area contributed by atoms with E-state index in [0.29, 0.717) is 42.4 Å². The van der Waals surface area contributed by atoms with Crippen LogP contribution in [-0.4, -0.2) is 50.3 Å². The summed E-state index contributed by atoms with van der Waals surface area (Å²) in [6, 6.07) is 11.0. The Bertz CT molecular complexity index is 1140. The molecule has 33 heavy (non-hydrogen) atoms. The van der Waals surface area contributed by atoms with Gasteiger partial charge in [-0.25, -0.2) is 8.42 Å². The number of anilines is 2. The van der Waals surface area contributed by atoms with Crippen LogP contribution in [0.15, 0.2) is 47.4 Å². The molecule has 2 heterocycles. The lowest BCUT2D eigenvalue weighted by Crippen LogP contribution is -2.44. The van der Waals surface area contributed by atoms with E-state index in [2.05, 4.69) is 5.32 Å². The summed E-state index contributed by atoms with van der Waals surface area (Å²) in [5.41, 5.74) is 1.85. The third-order valence-electron chi connectivity index (χ3n) is 6.06. The minimum absolute atomic E-state index is 0.208. The maximum absolute atomic E-state index is 13.1. The molecule has 0 radical (unpaired) electrons. The second kappa shape index (κ2) is 9.52. The number of nitrogens with zero attached hydrogens (tertiary/aromatic N) is 2. The predicted octanol–water partition coefficient (Wildman–Crippen LogP) is 3.18. The maximum atomic E-state index is 13.1. The van der Waals surface area contributed by atoms with E-state index in [1.807, 2.05) is 6.92 Å². The number of hydrogen-bond donors (Lipinski definition) is 1. The lowest BCUT2D eigenvalue weighted by Gasteiger charge is -2.26. The Labute approximate surface area is 194 Å². The van der Waals surface area contributed by atoms with E-state index in [-0.39, 0.29) is 23.1 Å². The molecule has 4 rings (SSSR count). The number of rotatable bonds is 6. The van der Waals surface area contributed by atoms with Crippen molar-refractivity contribution in [1.82, 2.24) is 4.31 Å². The van der Waals surface area contributed by atoms with Crippen molar-refractivity contribution in [3.63, 3.8) is 0 Å². The molecular weight excluding hydrogens is 442 g/mol. The number of fused-ring (bicyclic) bond motifs is 1. The molecule has 0 unspecified atom stereocenters. The predicted molar refractivity (Wildman–Crippen MR) is 126 cm³/mol. The quantitative estimate of drug-likeness (QED) is 0.698. The first-order valence-electron chi connectivity index (χ1n) is 11.3. The highest BCUT2D eigenvalue weighted by atomic mass is 32.2. The molecule has 0 saturated carbocycles. The molecule has 9 heteroatoms. The lowest BCUT2D eigenvalue weighted by atomic mass is 10.1. The first kappa shape index (κ1) is 23.3. The monoisotopic (exact) mass is 471 g/mol. The number of ether oxygens (including phenoxy) is 1. The first-order chi connectivity index (χ1) is 15.8. The zero-order chi connectivity index (χ0) is 23.6. The number of carbonyl (C=O) groups is 2. The SMILES string of the molecule is CCOc1ccc(NC(=O)[C@@H]2Cc3cc(S(=O)(=O)N4CCCCC4)ccc3N2C(C)=O)cc1. The summed E-state index contributed by atoms with van der Waals surface area (Å²) >= 11 is 0. The van der Waals surface area contributed by atoms with Crippen molar-refractivity contribution < 1.29 is 22.7 Å². The largest absolute Gasteiger partial charge is 0.494 e. The van der Waals surface area contributed by atoms with Crippen molar-refractivity contribution in [2.45, 2.75) is 50.5 Å². The minimum Gasteiger partial charge on any atom is -0.494 e. The van der Waals surface area contributed by atoms with E-state index in [4.69, 9.17) is 4.74 Å². The van der Waals surface area contributed by atoms with Crippen molar-refractivity contribution in [1.29, 1.82) is 0 Å². The van der Waals surface area contributed by atoms with Gasteiger partial charge in [0.25, 0.3) is 0 Å². The van der Waals surface area contributed by atoms with Crippen LogP contribution in [0.4, 0.5) is 11.4 Å². The highest BCUT2D eigenvalue weighted by molar-refractivity contribution is 7.89. The Balaban J connectivity index is 1.56. The molecule has 2 aliphatic rings. The third-order valence-corrected chi connectivity index (χ3v) is 7.96. The second-order valence-corrected chi connectivity index (χ2v) is 10.2. The van der Waals surface area contributed by atoms with Gasteiger partial charge in [0.2, 0.25) is 21.8 Å². The highest BCUT2D eigenvalue weighted by Crippen LogP contribution is 2.35. The normalized spacial score (nSPS) is 18.6. The highest BCUT2D eigenvalue weighted by Gasteiger charge is 2.38. The molecule has 0 spiro atoms. The van der Waals surface area contributed by atoms with Crippen LogP contribution in [0.1, 0.15) is 38.7 Å². The van der Waals surface area contributed by atoms with Crippen molar-refractivity contribution in [3.05, 3.63) is 48.0 Å².